The van der Waals surface area contributed by atoms with Gasteiger partial charge in [0.05, 0.1) is 5.56 Å². The number of hydrogen-bond acceptors (Lipinski definition) is 3. The molecule has 0 aliphatic rings. The molecule has 0 bridgehead atoms. The molecule has 0 aliphatic heterocycles. The Hall–Kier alpha value is -0.880. The van der Waals surface area contributed by atoms with E-state index in [-0.39, 0.29) is 28.4 Å². The quantitative estimate of drug-likeness (QED) is 0.837. The second kappa shape index (κ2) is 6.52. The fourth-order valence-electron chi connectivity index (χ4n) is 1.74. The van der Waals surface area contributed by atoms with Crippen molar-refractivity contribution < 1.29 is 4.21 Å². The molecule has 1 heterocycles. The Kier molecular flexibility index (Phi) is 5.55. The van der Waals surface area contributed by atoms with Crippen molar-refractivity contribution in [2.24, 2.45) is 0 Å². The van der Waals surface area contributed by atoms with Crippen molar-refractivity contribution in [3.05, 3.63) is 31.6 Å². The fourth-order valence-corrected chi connectivity index (χ4v) is 2.56. The molecule has 1 aromatic heterocycles. The Balaban J connectivity index is 3.15. The van der Waals surface area contributed by atoms with E-state index in [1.165, 1.54) is 0 Å². The van der Waals surface area contributed by atoms with Gasteiger partial charge in [-0.2, -0.15) is 0 Å². The lowest BCUT2D eigenvalue weighted by Crippen LogP contribution is -2.38. The molecular formula is C12H19ClN2O3S. The highest BCUT2D eigenvalue weighted by molar-refractivity contribution is 7.84. The van der Waals surface area contributed by atoms with Crippen LogP contribution in [0.2, 0.25) is 5.15 Å². The summed E-state index contributed by atoms with van der Waals surface area (Å²) < 4.78 is 12.4. The lowest BCUT2D eigenvalue weighted by Gasteiger charge is -2.13. The molecule has 0 fully saturated rings. The summed E-state index contributed by atoms with van der Waals surface area (Å²) in [6.45, 7) is 5.75. The predicted octanol–water partition coefficient (Wildman–Crippen LogP) is 1.47. The van der Waals surface area contributed by atoms with Crippen LogP contribution in [0.4, 0.5) is 0 Å². The van der Waals surface area contributed by atoms with Gasteiger partial charge in [0.1, 0.15) is 5.15 Å². The van der Waals surface area contributed by atoms with E-state index in [9.17, 15) is 13.8 Å². The average molecular weight is 307 g/mol. The van der Waals surface area contributed by atoms with Crippen molar-refractivity contribution in [2.75, 3.05) is 6.26 Å². The monoisotopic (exact) mass is 306 g/mol. The summed E-state index contributed by atoms with van der Waals surface area (Å²) in [6, 6.07) is 0. The van der Waals surface area contributed by atoms with E-state index in [0.717, 1.165) is 4.57 Å². The van der Waals surface area contributed by atoms with Crippen LogP contribution < -0.4 is 11.2 Å². The largest absolute Gasteiger partial charge is 0.329 e. The Bertz CT molecular complexity index is 592. The van der Waals surface area contributed by atoms with E-state index in [2.05, 4.69) is 4.98 Å². The van der Waals surface area contributed by atoms with Crippen molar-refractivity contribution >= 4 is 22.4 Å². The number of H-pyrrole nitrogens is 1. The maximum absolute atomic E-state index is 12.2. The van der Waals surface area contributed by atoms with E-state index in [1.54, 1.807) is 6.26 Å². The van der Waals surface area contributed by atoms with Gasteiger partial charge in [0.25, 0.3) is 5.56 Å². The van der Waals surface area contributed by atoms with Gasteiger partial charge in [-0.3, -0.25) is 18.6 Å². The molecule has 0 radical (unpaired) electrons. The summed E-state index contributed by atoms with van der Waals surface area (Å²) in [6.07, 6.45) is 2.12. The minimum atomic E-state index is -0.969. The number of nitrogens with zero attached hydrogens (tertiary/aromatic N) is 1. The fraction of sp³-hybridized carbons (Fsp3) is 0.667. The number of rotatable bonds is 5. The van der Waals surface area contributed by atoms with E-state index in [0.29, 0.717) is 12.0 Å². The highest BCUT2D eigenvalue weighted by atomic mass is 35.5. The van der Waals surface area contributed by atoms with E-state index in [1.807, 2.05) is 20.8 Å². The van der Waals surface area contributed by atoms with Crippen LogP contribution in [0, 0.1) is 0 Å². The zero-order valence-corrected chi connectivity index (χ0v) is 13.1. The first-order valence-corrected chi connectivity index (χ1v) is 8.10. The summed E-state index contributed by atoms with van der Waals surface area (Å²) in [5, 5.41) is 0.0397. The Morgan fingerprint density at radius 1 is 1.32 bits per heavy atom. The molecule has 0 spiro atoms. The van der Waals surface area contributed by atoms with Crippen molar-refractivity contribution in [3.63, 3.8) is 0 Å². The van der Waals surface area contributed by atoms with Crippen LogP contribution >= 0.6 is 11.6 Å². The Labute approximate surface area is 119 Å². The van der Waals surface area contributed by atoms with Gasteiger partial charge in [0.2, 0.25) is 0 Å². The summed E-state index contributed by atoms with van der Waals surface area (Å²) >= 11 is 5.90. The second-order valence-corrected chi connectivity index (χ2v) is 7.05. The van der Waals surface area contributed by atoms with Gasteiger partial charge in [-0.15, -0.1) is 0 Å². The van der Waals surface area contributed by atoms with Crippen LogP contribution in [-0.4, -0.2) is 25.3 Å². The van der Waals surface area contributed by atoms with Crippen LogP contribution in [-0.2, 0) is 17.3 Å². The van der Waals surface area contributed by atoms with E-state index in [4.69, 9.17) is 11.6 Å². The maximum Gasteiger partial charge on any atom is 0.329 e. The third-order valence-corrected chi connectivity index (χ3v) is 4.74. The molecule has 5 nitrogen and oxygen atoms in total. The molecule has 0 aromatic carbocycles. The smallest absolute Gasteiger partial charge is 0.297 e. The number of aromatic amines is 1. The van der Waals surface area contributed by atoms with E-state index >= 15 is 0 Å². The molecule has 108 valence electrons. The first-order chi connectivity index (χ1) is 8.75. The predicted molar refractivity (Wildman–Crippen MR) is 78.6 cm³/mol. The molecule has 2 unspecified atom stereocenters. The first kappa shape index (κ1) is 16.2. The van der Waals surface area contributed by atoms with Crippen LogP contribution in [0.1, 0.15) is 38.7 Å². The van der Waals surface area contributed by atoms with Gasteiger partial charge in [-0.25, -0.2) is 4.79 Å². The Morgan fingerprint density at radius 2 is 1.89 bits per heavy atom. The van der Waals surface area contributed by atoms with E-state index < -0.39 is 16.5 Å². The zero-order valence-electron chi connectivity index (χ0n) is 11.5. The highest BCUT2D eigenvalue weighted by Gasteiger charge is 2.16. The summed E-state index contributed by atoms with van der Waals surface area (Å²) in [5.41, 5.74) is -0.474. The Morgan fingerprint density at radius 3 is 2.37 bits per heavy atom. The standard InChI is InChI=1S/C12H19ClN2O3S/c1-7(2)9-10(13)14-12(17)15(11(9)16)6-5-8(3)19(4)18/h7-8H,5-6H2,1-4H3,(H,14,17). The molecule has 2 atom stereocenters. The van der Waals surface area contributed by atoms with Crippen LogP contribution in [0.3, 0.4) is 0 Å². The first-order valence-electron chi connectivity index (χ1n) is 6.10. The van der Waals surface area contributed by atoms with Gasteiger partial charge in [0.15, 0.2) is 0 Å². The lowest BCUT2D eigenvalue weighted by molar-refractivity contribution is 0.570. The van der Waals surface area contributed by atoms with Crippen LogP contribution in [0.25, 0.3) is 0 Å². The molecule has 0 saturated carbocycles. The SMILES string of the molecule is CC(C)c1c(Cl)[nH]c(=O)n(CCC(C)S(C)=O)c1=O. The third-order valence-electron chi connectivity index (χ3n) is 3.08. The topological polar surface area (TPSA) is 71.9 Å². The van der Waals surface area contributed by atoms with Crippen LogP contribution in [0.5, 0.6) is 0 Å². The number of hydrogen-bond donors (Lipinski definition) is 1. The molecular weight excluding hydrogens is 288 g/mol. The van der Waals surface area contributed by atoms with Gasteiger partial charge < -0.3 is 0 Å². The molecule has 1 rings (SSSR count). The lowest BCUT2D eigenvalue weighted by atomic mass is 10.1. The third kappa shape index (κ3) is 3.79. The van der Waals surface area contributed by atoms with Crippen LogP contribution in [0.15, 0.2) is 9.59 Å². The normalized spacial score (nSPS) is 14.6. The van der Waals surface area contributed by atoms with Crippen molar-refractivity contribution in [1.82, 2.24) is 9.55 Å². The van der Waals surface area contributed by atoms with Crippen molar-refractivity contribution in [2.45, 2.75) is 44.9 Å². The van der Waals surface area contributed by atoms with Gasteiger partial charge >= 0.3 is 5.69 Å². The maximum atomic E-state index is 12.2. The van der Waals surface area contributed by atoms with Gasteiger partial charge in [-0.1, -0.05) is 32.4 Å². The molecule has 0 amide bonds. The molecule has 19 heavy (non-hydrogen) atoms. The summed E-state index contributed by atoms with van der Waals surface area (Å²) in [7, 11) is -0.969. The molecule has 1 N–H and O–H groups in total. The van der Waals surface area contributed by atoms with Crippen molar-refractivity contribution in [3.8, 4) is 0 Å². The minimum absolute atomic E-state index is 0.0653. The van der Waals surface area contributed by atoms with Gasteiger partial charge in [-0.05, 0) is 12.3 Å². The molecule has 1 aromatic rings. The number of nitrogens with one attached hydrogen (secondary N) is 1. The molecule has 0 aliphatic carbocycles. The summed E-state index contributed by atoms with van der Waals surface area (Å²) in [4.78, 5) is 26.5. The highest BCUT2D eigenvalue weighted by Crippen LogP contribution is 2.16. The molecule has 7 heteroatoms. The average Bonchev–Trinajstić information content (AvgIpc) is 2.26. The number of halogens is 1. The number of aromatic nitrogens is 2. The summed E-state index contributed by atoms with van der Waals surface area (Å²) in [5.74, 6) is -0.0687. The van der Waals surface area contributed by atoms with Crippen molar-refractivity contribution in [1.29, 1.82) is 0 Å². The minimum Gasteiger partial charge on any atom is -0.297 e. The second-order valence-electron chi connectivity index (χ2n) is 4.87. The molecule has 0 saturated heterocycles. The zero-order chi connectivity index (χ0) is 14.7. The van der Waals surface area contributed by atoms with Gasteiger partial charge in [0, 0.05) is 28.9 Å².